The van der Waals surface area contributed by atoms with Gasteiger partial charge in [0.1, 0.15) is 79.0 Å². The van der Waals surface area contributed by atoms with Crippen LogP contribution in [0.1, 0.15) is 118 Å². The van der Waals surface area contributed by atoms with Crippen LogP contribution in [-0.2, 0) is 76.1 Å². The van der Waals surface area contributed by atoms with Gasteiger partial charge in [0.15, 0.2) is 6.29 Å². The van der Waals surface area contributed by atoms with Crippen molar-refractivity contribution < 1.29 is 122 Å². The van der Waals surface area contributed by atoms with Crippen LogP contribution >= 0.6 is 0 Å². The Hall–Kier alpha value is -4.20. The van der Waals surface area contributed by atoms with Crippen LogP contribution in [0.5, 0.6) is 0 Å². The number of piperidine rings is 1. The largest absolute Gasteiger partial charge is 0.460 e. The van der Waals surface area contributed by atoms with E-state index in [2.05, 4.69) is 6.58 Å². The van der Waals surface area contributed by atoms with Crippen LogP contribution in [0, 0.1) is 29.6 Å². The van der Waals surface area contributed by atoms with Crippen molar-refractivity contribution in [1.82, 2.24) is 4.90 Å². The first-order valence-electron chi connectivity index (χ1n) is 29.9. The maximum atomic E-state index is 14.7. The molecule has 24 atom stereocenters. The molecule has 488 valence electrons. The molecule has 6 rings (SSSR count). The van der Waals surface area contributed by atoms with Crippen LogP contribution in [0.15, 0.2) is 36.0 Å². The number of amides is 1. The Bertz CT molecular complexity index is 2370. The topological polar surface area (TPSA) is 380 Å². The molecule has 5 aliphatic heterocycles. The number of ether oxygens (including phenoxy) is 10. The first-order valence-corrected chi connectivity index (χ1v) is 29.9. The minimum absolute atomic E-state index is 0.00881. The lowest BCUT2D eigenvalue weighted by atomic mass is 9.81. The number of hydrogen-bond acceptors (Lipinski definition) is 25. The Balaban J connectivity index is 1.15. The summed E-state index contributed by atoms with van der Waals surface area (Å²) in [6.45, 7) is 11.1. The zero-order valence-corrected chi connectivity index (χ0v) is 50.5. The van der Waals surface area contributed by atoms with Crippen LogP contribution in [0.3, 0.4) is 0 Å². The fourth-order valence-electron chi connectivity index (χ4n) is 12.8. The lowest BCUT2D eigenvalue weighted by molar-refractivity contribution is -0.355. The van der Waals surface area contributed by atoms with Crippen molar-refractivity contribution in [1.29, 1.82) is 0 Å². The number of methoxy groups -OCH3 is 3. The van der Waals surface area contributed by atoms with Crippen molar-refractivity contribution in [3.63, 3.8) is 0 Å². The predicted molar refractivity (Wildman–Crippen MR) is 298 cm³/mol. The van der Waals surface area contributed by atoms with Gasteiger partial charge in [-0.15, -0.1) is 6.58 Å². The Labute approximate surface area is 501 Å². The molecular formula is C60H93NO25. The summed E-state index contributed by atoms with van der Waals surface area (Å²) in [5.41, 5.74) is 1.38. The highest BCUT2D eigenvalue weighted by molar-refractivity contribution is 6.39. The number of nitrogens with zero attached hydrogens (tertiary/aromatic N) is 1. The number of aliphatic hydroxyl groups is 9. The molecule has 1 amide bonds. The zero-order valence-electron chi connectivity index (χ0n) is 50.5. The van der Waals surface area contributed by atoms with Gasteiger partial charge in [0.2, 0.25) is 12.1 Å². The molecule has 5 fully saturated rings. The first-order chi connectivity index (χ1) is 40.7. The number of carbonyl (C=O) groups is 6. The van der Waals surface area contributed by atoms with Gasteiger partial charge in [0.05, 0.1) is 50.5 Å². The average Bonchev–Trinajstić information content (AvgIpc) is 1.11. The van der Waals surface area contributed by atoms with Gasteiger partial charge in [-0.3, -0.25) is 24.0 Å². The third-order valence-corrected chi connectivity index (χ3v) is 17.9. The maximum absolute atomic E-state index is 14.7. The van der Waals surface area contributed by atoms with Gasteiger partial charge in [-0.1, -0.05) is 44.6 Å². The van der Waals surface area contributed by atoms with Gasteiger partial charge in [-0.25, -0.2) is 4.79 Å². The van der Waals surface area contributed by atoms with Crippen molar-refractivity contribution in [2.45, 2.75) is 234 Å². The summed E-state index contributed by atoms with van der Waals surface area (Å²) >= 11 is 0. The SMILES string of the molecule is C=CC[C@@H]1/C=C(\C)C[C@@H](C)C[C@H](OC)[C@H]2O[C@@](O)(C(=O)C(=O)N3CCCCC3C(=O)O[C@H](/C(C)=C/C3CCC(OC(=O)CCC(=O)OC4OC(CO)C(OC5OC(CO)C(O)C(O)C5O)C(O)C4O)[C@H](OC)C3)[C@H](C)[C@H](O)CC1=O)[C@H](C)CC2OC. The van der Waals surface area contributed by atoms with Crippen LogP contribution in [0.4, 0.5) is 0 Å². The molecule has 0 spiro atoms. The summed E-state index contributed by atoms with van der Waals surface area (Å²) < 4.78 is 57.5. The van der Waals surface area contributed by atoms with E-state index in [9.17, 15) is 74.7 Å². The normalized spacial score (nSPS) is 41.8. The first kappa shape index (κ1) is 70.9. The van der Waals surface area contributed by atoms with E-state index in [4.69, 9.17) is 47.4 Å². The standard InChI is InChI=1S/C60H93NO25/c1-10-13-35-21-29(2)20-30(3)22-41(78-8)53-42(79-9)24-32(5)60(76,86-53)55(73)56(74)61-19-12-11-14-36(61)57(75)84-52(33(6)37(64)26-38(35)65)31(4)23-34-15-16-39(40(25-34)77-7)80-45(66)17-18-46(67)83-58-51(72)49(70)54(44(28-63)82-58)85-59-50(71)48(69)47(68)43(27-62)81-59/h10,21,23,30,32-37,39-44,47-54,58-59,62-64,68-72,76H,1,11-20,22,24-28H2,2-9H3/b29-21+,31-23+/t30-,32-,33-,34?,35-,36?,37-,39?,40-,41+,42?,43?,44?,47?,48?,49?,50?,51?,52-,53-,54?,58?,59?,60-/m1/s1. The molecule has 6 aliphatic rings. The number of esters is 3. The lowest BCUT2D eigenvalue weighted by Crippen LogP contribution is -2.64. The molecule has 2 bridgehead atoms. The predicted octanol–water partition coefficient (Wildman–Crippen LogP) is 0.137. The Morgan fingerprint density at radius 2 is 1.38 bits per heavy atom. The molecule has 0 radical (unpaired) electrons. The molecule has 0 aromatic heterocycles. The lowest BCUT2D eigenvalue weighted by Gasteiger charge is -2.47. The minimum atomic E-state index is -2.60. The number of Topliss-reactive ketones (excluding diaryl/α,β-unsaturated/α-hetero) is 2. The number of allylic oxidation sites excluding steroid dienone is 4. The number of ketones is 2. The van der Waals surface area contributed by atoms with E-state index in [1.807, 2.05) is 26.0 Å². The van der Waals surface area contributed by atoms with E-state index in [0.717, 1.165) is 10.5 Å². The number of fused-ring (bicyclic) bond motifs is 3. The van der Waals surface area contributed by atoms with Crippen molar-refractivity contribution in [3.05, 3.63) is 36.0 Å². The van der Waals surface area contributed by atoms with E-state index in [-0.39, 0.29) is 62.7 Å². The third-order valence-electron chi connectivity index (χ3n) is 17.9. The maximum Gasteiger partial charge on any atom is 0.329 e. The van der Waals surface area contributed by atoms with E-state index in [0.29, 0.717) is 37.7 Å². The highest BCUT2D eigenvalue weighted by Gasteiger charge is 2.57. The molecule has 26 heteroatoms. The van der Waals surface area contributed by atoms with Crippen molar-refractivity contribution in [3.8, 4) is 0 Å². The summed E-state index contributed by atoms with van der Waals surface area (Å²) in [5, 5.41) is 96.2. The quantitative estimate of drug-likeness (QED) is 0.0429. The smallest absolute Gasteiger partial charge is 0.329 e. The third kappa shape index (κ3) is 17.0. The molecule has 86 heavy (non-hydrogen) atoms. The average molecular weight is 1230 g/mol. The Kier molecular flexibility index (Phi) is 26.4. The molecule has 4 saturated heterocycles. The van der Waals surface area contributed by atoms with Gasteiger partial charge in [-0.2, -0.15) is 0 Å². The number of aliphatic hydroxyl groups excluding tert-OH is 8. The van der Waals surface area contributed by atoms with E-state index in [1.54, 1.807) is 26.8 Å². The summed E-state index contributed by atoms with van der Waals surface area (Å²) in [5.74, 6) is -10.8. The number of rotatable bonds is 16. The monoisotopic (exact) mass is 1230 g/mol. The Morgan fingerprint density at radius 3 is 2.02 bits per heavy atom. The number of carbonyl (C=O) groups excluding carboxylic acids is 6. The molecule has 5 heterocycles. The number of hydrogen-bond donors (Lipinski definition) is 9. The van der Waals surface area contributed by atoms with Crippen molar-refractivity contribution in [2.75, 3.05) is 41.1 Å². The fraction of sp³-hybridized carbons (Fsp3) is 0.800. The van der Waals surface area contributed by atoms with E-state index < -0.39 is 189 Å². The summed E-state index contributed by atoms with van der Waals surface area (Å²) in [6.07, 6.45) is -16.4. The molecule has 9 N–H and O–H groups in total. The van der Waals surface area contributed by atoms with Gasteiger partial charge < -0.3 is 98.2 Å². The summed E-state index contributed by atoms with van der Waals surface area (Å²) in [7, 11) is 4.41. The molecule has 26 nitrogen and oxygen atoms in total. The zero-order chi connectivity index (χ0) is 63.5. The fourth-order valence-corrected chi connectivity index (χ4v) is 12.8. The van der Waals surface area contributed by atoms with Crippen molar-refractivity contribution >= 4 is 35.4 Å². The van der Waals surface area contributed by atoms with Gasteiger partial charge in [0.25, 0.3) is 11.7 Å². The molecule has 0 aromatic rings. The van der Waals surface area contributed by atoms with E-state index in [1.165, 1.54) is 21.3 Å². The highest BCUT2D eigenvalue weighted by Crippen LogP contribution is 2.40. The molecule has 0 aromatic carbocycles. The second-order valence-electron chi connectivity index (χ2n) is 24.2. The van der Waals surface area contributed by atoms with Crippen LogP contribution < -0.4 is 0 Å². The molecule has 14 unspecified atom stereocenters. The summed E-state index contributed by atoms with van der Waals surface area (Å²) in [6, 6.07) is -1.27. The van der Waals surface area contributed by atoms with Crippen LogP contribution in [0.25, 0.3) is 0 Å². The molecular weight excluding hydrogens is 1130 g/mol. The van der Waals surface area contributed by atoms with Gasteiger partial charge in [0, 0.05) is 52.0 Å². The van der Waals surface area contributed by atoms with E-state index >= 15 is 0 Å². The highest BCUT2D eigenvalue weighted by atomic mass is 16.8. The molecule has 1 aliphatic carbocycles. The van der Waals surface area contributed by atoms with Gasteiger partial charge in [-0.05, 0) is 95.5 Å². The Morgan fingerprint density at radius 1 is 0.756 bits per heavy atom. The summed E-state index contributed by atoms with van der Waals surface area (Å²) in [4.78, 5) is 85.1. The van der Waals surface area contributed by atoms with Crippen LogP contribution in [0.2, 0.25) is 0 Å². The molecule has 1 saturated carbocycles. The van der Waals surface area contributed by atoms with Gasteiger partial charge >= 0.3 is 17.9 Å². The van der Waals surface area contributed by atoms with Crippen molar-refractivity contribution in [2.24, 2.45) is 29.6 Å². The minimum Gasteiger partial charge on any atom is -0.460 e. The second-order valence-corrected chi connectivity index (χ2v) is 24.2. The van der Waals surface area contributed by atoms with Crippen LogP contribution in [-0.4, -0.2) is 243 Å². The second kappa shape index (κ2) is 32.0. The number of cyclic esters (lactones) is 1.